The van der Waals surface area contributed by atoms with Crippen LogP contribution in [0.15, 0.2) is 56.0 Å². The van der Waals surface area contributed by atoms with E-state index >= 15 is 0 Å². The van der Waals surface area contributed by atoms with Crippen molar-refractivity contribution < 1.29 is 0 Å². The third-order valence-electron chi connectivity index (χ3n) is 8.44. The van der Waals surface area contributed by atoms with Gasteiger partial charge in [-0.15, -0.1) is 0 Å². The lowest BCUT2D eigenvalue weighted by Crippen LogP contribution is -2.66. The van der Waals surface area contributed by atoms with E-state index in [1.807, 2.05) is 12.1 Å². The second-order valence-corrected chi connectivity index (χ2v) is 11.6. The Kier molecular flexibility index (Phi) is 9.55. The molecule has 222 valence electrons. The van der Waals surface area contributed by atoms with Crippen molar-refractivity contribution in [1.29, 1.82) is 0 Å². The highest BCUT2D eigenvalue weighted by Gasteiger charge is 2.23. The van der Waals surface area contributed by atoms with Gasteiger partial charge in [0.05, 0.1) is 15.9 Å². The fourth-order valence-electron chi connectivity index (χ4n) is 5.86. The predicted octanol–water partition coefficient (Wildman–Crippen LogP) is 3.89. The van der Waals surface area contributed by atoms with E-state index < -0.39 is 0 Å². The van der Waals surface area contributed by atoms with E-state index in [4.69, 9.17) is 0 Å². The maximum atomic E-state index is 13.4. The van der Waals surface area contributed by atoms with Gasteiger partial charge in [-0.25, -0.2) is 9.98 Å². The van der Waals surface area contributed by atoms with E-state index in [0.717, 1.165) is 99.8 Å². The van der Waals surface area contributed by atoms with Crippen LogP contribution in [0.3, 0.4) is 0 Å². The van der Waals surface area contributed by atoms with Gasteiger partial charge in [-0.3, -0.25) is 9.59 Å². The van der Waals surface area contributed by atoms with Gasteiger partial charge in [-0.1, -0.05) is 53.4 Å². The highest BCUT2D eigenvalue weighted by atomic mass is 16.1. The molecule has 3 aromatic rings. The van der Waals surface area contributed by atoms with Crippen LogP contribution in [0.5, 0.6) is 0 Å². The van der Waals surface area contributed by atoms with Crippen molar-refractivity contribution in [3.63, 3.8) is 0 Å². The van der Waals surface area contributed by atoms with E-state index in [0.29, 0.717) is 17.5 Å². The first kappa shape index (κ1) is 29.7. The predicted molar refractivity (Wildman–Crippen MR) is 174 cm³/mol. The number of nitrogens with zero attached hydrogens (tertiary/aromatic N) is 4. The summed E-state index contributed by atoms with van der Waals surface area (Å²) in [5.74, 6) is 0.246. The molecule has 7 nitrogen and oxygen atoms in total. The van der Waals surface area contributed by atoms with Crippen LogP contribution in [0.1, 0.15) is 84.6 Å². The van der Waals surface area contributed by atoms with Crippen LogP contribution >= 0.6 is 0 Å². The van der Waals surface area contributed by atoms with Crippen molar-refractivity contribution in [2.75, 3.05) is 41.3 Å². The zero-order chi connectivity index (χ0) is 29.6. The molecule has 0 aromatic heterocycles. The summed E-state index contributed by atoms with van der Waals surface area (Å²) >= 11 is 0. The van der Waals surface area contributed by atoms with Gasteiger partial charge in [0.25, 0.3) is 0 Å². The molecule has 0 bridgehead atoms. The number of hydrogen-bond acceptors (Lipinski definition) is 7. The Morgan fingerprint density at radius 3 is 1.76 bits per heavy atom. The first-order chi connectivity index (χ1) is 20.5. The van der Waals surface area contributed by atoms with Gasteiger partial charge in [0, 0.05) is 55.4 Å². The third-order valence-corrected chi connectivity index (χ3v) is 8.44. The summed E-state index contributed by atoms with van der Waals surface area (Å²) in [4.78, 5) is 40.8. The molecule has 2 heterocycles. The van der Waals surface area contributed by atoms with E-state index in [9.17, 15) is 9.59 Å². The molecule has 2 aliphatic rings. The number of fused-ring (bicyclic) bond motifs is 2. The van der Waals surface area contributed by atoms with Crippen molar-refractivity contribution >= 4 is 28.6 Å². The lowest BCUT2D eigenvalue weighted by Gasteiger charge is -2.25. The van der Waals surface area contributed by atoms with Gasteiger partial charge in [0.1, 0.15) is 5.22 Å². The highest BCUT2D eigenvalue weighted by Crippen LogP contribution is 2.32. The Hall–Kier alpha value is -3.74. The number of anilines is 3. The topological polar surface area (TPSA) is 77.4 Å². The van der Waals surface area contributed by atoms with E-state index in [1.54, 1.807) is 0 Å². The molecule has 3 aromatic carbocycles. The zero-order valence-corrected chi connectivity index (χ0v) is 25.8. The van der Waals surface area contributed by atoms with Gasteiger partial charge in [-0.05, 0) is 67.6 Å². The lowest BCUT2D eigenvalue weighted by molar-refractivity contribution is 0.677. The molecule has 0 fully saturated rings. The second-order valence-electron chi connectivity index (χ2n) is 11.6. The molecule has 5 rings (SSSR count). The minimum Gasteiger partial charge on any atom is -0.372 e. The molecule has 0 radical (unpaired) electrons. The van der Waals surface area contributed by atoms with Crippen molar-refractivity contribution in [2.45, 2.75) is 85.5 Å². The monoisotopic (exact) mass is 567 g/mol. The van der Waals surface area contributed by atoms with Crippen LogP contribution in [-0.2, 0) is 6.42 Å². The number of nitrogens with one attached hydrogen (secondary N) is 1. The summed E-state index contributed by atoms with van der Waals surface area (Å²) < 4.78 is 0. The minimum absolute atomic E-state index is 0.104. The van der Waals surface area contributed by atoms with E-state index in [-0.39, 0.29) is 27.1 Å². The van der Waals surface area contributed by atoms with E-state index in [1.165, 1.54) is 5.69 Å². The Labute approximate surface area is 248 Å². The summed E-state index contributed by atoms with van der Waals surface area (Å²) in [5, 5.41) is 5.15. The summed E-state index contributed by atoms with van der Waals surface area (Å²) in [6.07, 6.45) is 9.74. The van der Waals surface area contributed by atoms with Crippen LogP contribution in [0.2, 0.25) is 0 Å². The summed E-state index contributed by atoms with van der Waals surface area (Å²) in [7, 11) is 0. The van der Waals surface area contributed by atoms with E-state index in [2.05, 4.69) is 77.1 Å². The second kappa shape index (κ2) is 13.5. The van der Waals surface area contributed by atoms with Gasteiger partial charge < -0.3 is 15.1 Å². The first-order valence-electron chi connectivity index (χ1n) is 16.0. The molecule has 42 heavy (non-hydrogen) atoms. The molecule has 0 saturated heterocycles. The fraction of sp³-hybridized carbons (Fsp3) is 0.486. The van der Waals surface area contributed by atoms with Crippen molar-refractivity contribution in [2.24, 2.45) is 9.98 Å². The number of unbranched alkanes of at least 4 members (excludes halogenated alkanes) is 4. The Morgan fingerprint density at radius 2 is 1.19 bits per heavy atom. The molecule has 7 heteroatoms. The number of benzene rings is 2. The largest absolute Gasteiger partial charge is 0.372 e. The van der Waals surface area contributed by atoms with Crippen LogP contribution in [0.25, 0.3) is 11.5 Å². The molecule has 0 aliphatic carbocycles. The fourth-order valence-corrected chi connectivity index (χ4v) is 5.86. The normalized spacial score (nSPS) is 13.5. The highest BCUT2D eigenvalue weighted by molar-refractivity contribution is 5.79. The molecular formula is C35H45N5O2. The Morgan fingerprint density at radius 1 is 0.667 bits per heavy atom. The van der Waals surface area contributed by atoms with Gasteiger partial charge in [-0.2, -0.15) is 0 Å². The Bertz CT molecular complexity index is 1700. The molecular weight excluding hydrogens is 522 g/mol. The average molecular weight is 568 g/mol. The van der Waals surface area contributed by atoms with Crippen LogP contribution in [0.4, 0.5) is 17.1 Å². The number of rotatable bonds is 14. The van der Waals surface area contributed by atoms with Gasteiger partial charge >= 0.3 is 0 Å². The maximum Gasteiger partial charge on any atom is 0.206 e. The van der Waals surface area contributed by atoms with Crippen molar-refractivity contribution in [1.82, 2.24) is 0 Å². The summed E-state index contributed by atoms with van der Waals surface area (Å²) in [6.45, 7) is 12.9. The van der Waals surface area contributed by atoms with Gasteiger partial charge in [0.15, 0.2) is 5.82 Å². The van der Waals surface area contributed by atoms with Crippen molar-refractivity contribution in [3.05, 3.63) is 83.6 Å². The first-order valence-corrected chi connectivity index (χ1v) is 16.0. The quantitative estimate of drug-likeness (QED) is 0.320. The standard InChI is InChI=1S/C35H45N5O2/c1-5-9-17-39(18-10-6-2)25-13-15-27-24(21-25)22-30(36-27)31-33(41)32(34(31)42)35-37-28-16-14-26(23-29(28)38-35)40(19-11-7-3)20-12-8-4/h13-16,21,23,36H,5-12,17-20,22H2,1-4H3. The molecule has 0 atom stereocenters. The molecule has 0 amide bonds. The molecule has 1 N–H and O–H groups in total. The third kappa shape index (κ3) is 6.06. The summed E-state index contributed by atoms with van der Waals surface area (Å²) in [5.41, 5.74) is 4.60. The number of hydrogen-bond donors (Lipinski definition) is 1. The molecule has 0 saturated carbocycles. The Balaban J connectivity index is 1.44. The van der Waals surface area contributed by atoms with Crippen LogP contribution < -0.4 is 47.1 Å². The lowest BCUT2D eigenvalue weighted by atomic mass is 10.1. The zero-order valence-electron chi connectivity index (χ0n) is 25.8. The van der Waals surface area contributed by atoms with Gasteiger partial charge in [0.2, 0.25) is 10.9 Å². The minimum atomic E-state index is -0.258. The van der Waals surface area contributed by atoms with Crippen LogP contribution in [0, 0.1) is 0 Å². The smallest absolute Gasteiger partial charge is 0.206 e. The molecule has 2 aliphatic heterocycles. The molecule has 0 spiro atoms. The maximum absolute atomic E-state index is 13.4. The molecule has 0 unspecified atom stereocenters. The average Bonchev–Trinajstić information content (AvgIpc) is 3.60. The summed E-state index contributed by atoms with van der Waals surface area (Å²) in [6, 6.07) is 12.5. The van der Waals surface area contributed by atoms with Crippen molar-refractivity contribution in [3.8, 4) is 0 Å². The SMILES string of the molecule is CCCCN(CCCC)c1ccc2c(c1)CC(=c1c(=O)c(=C3N=c4ccc(N(CCCC)CCCC)cc4=N3)c1=O)N2. The van der Waals surface area contributed by atoms with Crippen LogP contribution in [-0.4, -0.2) is 26.2 Å².